The van der Waals surface area contributed by atoms with E-state index in [2.05, 4.69) is 72.7 Å². The van der Waals surface area contributed by atoms with E-state index in [-0.39, 0.29) is 6.04 Å². The largest absolute Gasteiger partial charge is 0.372 e. The predicted octanol–water partition coefficient (Wildman–Crippen LogP) is 4.58. The minimum atomic E-state index is 0.172. The summed E-state index contributed by atoms with van der Waals surface area (Å²) in [5, 5.41) is 7.20. The molecule has 2 rings (SSSR count). The molecule has 0 amide bonds. The van der Waals surface area contributed by atoms with E-state index in [4.69, 9.17) is 12.2 Å². The van der Waals surface area contributed by atoms with Gasteiger partial charge in [-0.15, -0.1) is 0 Å². The summed E-state index contributed by atoms with van der Waals surface area (Å²) in [6.07, 6.45) is 0. The van der Waals surface area contributed by atoms with Crippen molar-refractivity contribution in [2.45, 2.75) is 26.8 Å². The van der Waals surface area contributed by atoms with Gasteiger partial charge in [-0.2, -0.15) is 0 Å². The second-order valence-electron chi connectivity index (χ2n) is 5.45. The average Bonchev–Trinajstić information content (AvgIpc) is 2.58. The zero-order chi connectivity index (χ0) is 16.7. The van der Waals surface area contributed by atoms with Crippen molar-refractivity contribution < 1.29 is 0 Å². The Morgan fingerprint density at radius 2 is 1.61 bits per heavy atom. The third-order valence-corrected chi connectivity index (χ3v) is 4.12. The van der Waals surface area contributed by atoms with E-state index in [0.717, 1.165) is 18.8 Å². The maximum atomic E-state index is 5.41. The number of rotatable bonds is 6. The van der Waals surface area contributed by atoms with Gasteiger partial charge in [-0.25, -0.2) is 0 Å². The molecule has 0 heterocycles. The van der Waals surface area contributed by atoms with Crippen LogP contribution in [0, 0.1) is 0 Å². The van der Waals surface area contributed by atoms with Crippen LogP contribution in [0.1, 0.15) is 32.4 Å². The third-order valence-electron chi connectivity index (χ3n) is 3.90. The number of hydrogen-bond donors (Lipinski definition) is 2. The first-order valence-electron chi connectivity index (χ1n) is 8.11. The Morgan fingerprint density at radius 3 is 2.17 bits per heavy atom. The Morgan fingerprint density at radius 1 is 1.00 bits per heavy atom. The lowest BCUT2D eigenvalue weighted by molar-refractivity contribution is 0.722. The topological polar surface area (TPSA) is 27.3 Å². The Kier molecular flexibility index (Phi) is 6.41. The van der Waals surface area contributed by atoms with Crippen LogP contribution in [0.5, 0.6) is 0 Å². The molecule has 0 aliphatic heterocycles. The van der Waals surface area contributed by atoms with Gasteiger partial charge in [-0.3, -0.25) is 0 Å². The molecule has 1 atom stereocenters. The summed E-state index contributed by atoms with van der Waals surface area (Å²) >= 11 is 5.41. The summed E-state index contributed by atoms with van der Waals surface area (Å²) in [7, 11) is 0. The van der Waals surface area contributed by atoms with Crippen LogP contribution in [-0.4, -0.2) is 18.2 Å². The molecule has 23 heavy (non-hydrogen) atoms. The van der Waals surface area contributed by atoms with Gasteiger partial charge in [0.05, 0.1) is 6.04 Å². The summed E-state index contributed by atoms with van der Waals surface area (Å²) in [5.41, 5.74) is 3.45. The zero-order valence-corrected chi connectivity index (χ0v) is 14.9. The monoisotopic (exact) mass is 327 g/mol. The lowest BCUT2D eigenvalue weighted by Crippen LogP contribution is -2.30. The fourth-order valence-corrected chi connectivity index (χ4v) is 2.83. The number of anilines is 2. The highest BCUT2D eigenvalue weighted by molar-refractivity contribution is 7.80. The molecule has 0 aromatic heterocycles. The molecular weight excluding hydrogens is 302 g/mol. The van der Waals surface area contributed by atoms with Gasteiger partial charge >= 0.3 is 0 Å². The van der Waals surface area contributed by atoms with Crippen molar-refractivity contribution >= 4 is 28.7 Å². The van der Waals surface area contributed by atoms with Gasteiger partial charge in [0.1, 0.15) is 0 Å². The van der Waals surface area contributed by atoms with Gasteiger partial charge < -0.3 is 15.5 Å². The SMILES string of the molecule is CCN(CC)c1ccc(NC(=S)NC(C)c2ccccc2)cc1. The van der Waals surface area contributed by atoms with Crippen LogP contribution < -0.4 is 15.5 Å². The number of thiocarbonyl (C=S) groups is 1. The van der Waals surface area contributed by atoms with Crippen molar-refractivity contribution in [2.24, 2.45) is 0 Å². The Balaban J connectivity index is 1.92. The summed E-state index contributed by atoms with van der Waals surface area (Å²) in [6.45, 7) is 8.46. The molecule has 0 aliphatic carbocycles. The third kappa shape index (κ3) is 4.96. The molecule has 2 aromatic rings. The molecule has 4 heteroatoms. The number of hydrogen-bond acceptors (Lipinski definition) is 2. The van der Waals surface area contributed by atoms with Gasteiger partial charge in [0, 0.05) is 24.5 Å². The molecule has 0 saturated heterocycles. The number of nitrogens with zero attached hydrogens (tertiary/aromatic N) is 1. The fraction of sp³-hybridized carbons (Fsp3) is 0.316. The van der Waals surface area contributed by atoms with Crippen LogP contribution in [0.25, 0.3) is 0 Å². The first-order valence-corrected chi connectivity index (χ1v) is 8.52. The van der Waals surface area contributed by atoms with E-state index in [1.165, 1.54) is 11.3 Å². The molecule has 0 radical (unpaired) electrons. The van der Waals surface area contributed by atoms with Crippen molar-refractivity contribution in [2.75, 3.05) is 23.3 Å². The van der Waals surface area contributed by atoms with E-state index in [9.17, 15) is 0 Å². The first-order chi connectivity index (χ1) is 11.1. The minimum absolute atomic E-state index is 0.172. The van der Waals surface area contributed by atoms with Crippen LogP contribution >= 0.6 is 12.2 Å². The highest BCUT2D eigenvalue weighted by Crippen LogP contribution is 2.18. The van der Waals surface area contributed by atoms with Gasteiger partial charge in [0.25, 0.3) is 0 Å². The van der Waals surface area contributed by atoms with Gasteiger partial charge in [0.2, 0.25) is 0 Å². The molecular formula is C19H25N3S. The van der Waals surface area contributed by atoms with Crippen molar-refractivity contribution in [1.29, 1.82) is 0 Å². The van der Waals surface area contributed by atoms with Crippen molar-refractivity contribution in [3.05, 3.63) is 60.2 Å². The molecule has 0 saturated carbocycles. The van der Waals surface area contributed by atoms with E-state index in [1.54, 1.807) is 0 Å². The van der Waals surface area contributed by atoms with Gasteiger partial charge in [-0.1, -0.05) is 30.3 Å². The van der Waals surface area contributed by atoms with Crippen LogP contribution in [-0.2, 0) is 0 Å². The number of benzene rings is 2. The van der Waals surface area contributed by atoms with E-state index >= 15 is 0 Å². The quantitative estimate of drug-likeness (QED) is 0.759. The second kappa shape index (κ2) is 8.53. The lowest BCUT2D eigenvalue weighted by atomic mass is 10.1. The van der Waals surface area contributed by atoms with E-state index in [0.29, 0.717) is 5.11 Å². The van der Waals surface area contributed by atoms with Crippen LogP contribution in [0.2, 0.25) is 0 Å². The van der Waals surface area contributed by atoms with Gasteiger partial charge in [-0.05, 0) is 62.8 Å². The molecule has 2 aromatic carbocycles. The van der Waals surface area contributed by atoms with Crippen molar-refractivity contribution in [1.82, 2.24) is 5.32 Å². The van der Waals surface area contributed by atoms with Crippen LogP contribution in [0.15, 0.2) is 54.6 Å². The smallest absolute Gasteiger partial charge is 0.171 e. The van der Waals surface area contributed by atoms with Gasteiger partial charge in [0.15, 0.2) is 5.11 Å². The summed E-state index contributed by atoms with van der Waals surface area (Å²) in [6, 6.07) is 18.8. The molecule has 0 spiro atoms. The Bertz CT molecular complexity index is 606. The Labute approximate surface area is 144 Å². The fourth-order valence-electron chi connectivity index (χ4n) is 2.53. The van der Waals surface area contributed by atoms with Crippen LogP contribution in [0.4, 0.5) is 11.4 Å². The highest BCUT2D eigenvalue weighted by Gasteiger charge is 2.07. The van der Waals surface area contributed by atoms with Crippen LogP contribution in [0.3, 0.4) is 0 Å². The normalized spacial score (nSPS) is 11.6. The van der Waals surface area contributed by atoms with E-state index < -0.39 is 0 Å². The molecule has 122 valence electrons. The molecule has 1 unspecified atom stereocenters. The minimum Gasteiger partial charge on any atom is -0.372 e. The standard InChI is InChI=1S/C19H25N3S/c1-4-22(5-2)18-13-11-17(12-14-18)21-19(23)20-15(3)16-9-7-6-8-10-16/h6-15H,4-5H2,1-3H3,(H2,20,21,23). The summed E-state index contributed by atoms with van der Waals surface area (Å²) in [5.74, 6) is 0. The Hall–Kier alpha value is -2.07. The molecule has 3 nitrogen and oxygen atoms in total. The first kappa shape index (κ1) is 17.3. The summed E-state index contributed by atoms with van der Waals surface area (Å²) < 4.78 is 0. The van der Waals surface area contributed by atoms with Crippen molar-refractivity contribution in [3.8, 4) is 0 Å². The van der Waals surface area contributed by atoms with E-state index in [1.807, 2.05) is 18.2 Å². The predicted molar refractivity (Wildman–Crippen MR) is 104 cm³/mol. The maximum Gasteiger partial charge on any atom is 0.171 e. The molecule has 0 fully saturated rings. The summed E-state index contributed by atoms with van der Waals surface area (Å²) in [4.78, 5) is 2.32. The highest BCUT2D eigenvalue weighted by atomic mass is 32.1. The average molecular weight is 327 g/mol. The zero-order valence-electron chi connectivity index (χ0n) is 14.0. The number of nitrogens with one attached hydrogen (secondary N) is 2. The molecule has 0 bridgehead atoms. The van der Waals surface area contributed by atoms with Crippen molar-refractivity contribution in [3.63, 3.8) is 0 Å². The second-order valence-corrected chi connectivity index (χ2v) is 5.86. The maximum absolute atomic E-state index is 5.41. The lowest BCUT2D eigenvalue weighted by Gasteiger charge is -2.21. The molecule has 0 aliphatic rings. The molecule has 2 N–H and O–H groups in total.